The zero-order valence-corrected chi connectivity index (χ0v) is 16.2. The van der Waals surface area contributed by atoms with Gasteiger partial charge in [0.05, 0.1) is 6.10 Å². The van der Waals surface area contributed by atoms with Crippen LogP contribution in [0.1, 0.15) is 58.2 Å². The molecule has 0 radical (unpaired) electrons. The van der Waals surface area contributed by atoms with Gasteiger partial charge in [-0.15, -0.1) is 0 Å². The Hall–Kier alpha value is -2.27. The lowest BCUT2D eigenvalue weighted by Crippen LogP contribution is -2.08. The van der Waals surface area contributed by atoms with Crippen LogP contribution in [0.2, 0.25) is 0 Å². The van der Waals surface area contributed by atoms with E-state index in [-0.39, 0.29) is 5.75 Å². The molecular weight excluding hydrogens is 343 g/mol. The smallest absolute Gasteiger partial charge is 0.151 e. The molecule has 1 N–H and O–H groups in total. The number of rotatable bonds is 11. The summed E-state index contributed by atoms with van der Waals surface area (Å²) in [6.07, 6.45) is 14.0. The molecule has 0 fully saturated rings. The highest BCUT2D eigenvalue weighted by molar-refractivity contribution is 5.63. The highest BCUT2D eigenvalue weighted by Crippen LogP contribution is 2.24. The molecule has 0 saturated heterocycles. The van der Waals surface area contributed by atoms with Crippen molar-refractivity contribution < 1.29 is 14.2 Å². The van der Waals surface area contributed by atoms with Crippen molar-refractivity contribution in [1.29, 1.82) is 0 Å². The molecule has 0 aliphatic rings. The number of nitrogens with zero attached hydrogens (tertiary/aromatic N) is 2. The molecule has 146 valence electrons. The predicted molar refractivity (Wildman–Crippen MR) is 107 cm³/mol. The summed E-state index contributed by atoms with van der Waals surface area (Å²) in [5, 5.41) is 9.28. The molecule has 0 saturated carbocycles. The molecule has 1 unspecified atom stereocenters. The molecule has 1 aromatic carbocycles. The summed E-state index contributed by atoms with van der Waals surface area (Å²) in [5.74, 6) is 0.00660. The van der Waals surface area contributed by atoms with Gasteiger partial charge in [0.1, 0.15) is 11.6 Å². The van der Waals surface area contributed by atoms with Gasteiger partial charge in [0, 0.05) is 36.2 Å². The lowest BCUT2D eigenvalue weighted by Gasteiger charge is -2.11. The van der Waals surface area contributed by atoms with Crippen molar-refractivity contribution in [3.05, 3.63) is 48.3 Å². The van der Waals surface area contributed by atoms with E-state index in [1.54, 1.807) is 12.4 Å². The van der Waals surface area contributed by atoms with Crippen LogP contribution in [0, 0.1) is 5.82 Å². The van der Waals surface area contributed by atoms with Crippen molar-refractivity contribution in [2.75, 3.05) is 6.61 Å². The summed E-state index contributed by atoms with van der Waals surface area (Å²) in [7, 11) is 0. The number of phenols is 1. The van der Waals surface area contributed by atoms with E-state index in [1.165, 1.54) is 25.0 Å². The van der Waals surface area contributed by atoms with Crippen LogP contribution in [0.5, 0.6) is 5.75 Å². The highest BCUT2D eigenvalue weighted by Gasteiger charge is 2.07. The molecule has 1 atom stereocenters. The zero-order chi connectivity index (χ0) is 19.5. The molecule has 0 bridgehead atoms. The first-order valence-corrected chi connectivity index (χ1v) is 9.69. The second-order valence-corrected chi connectivity index (χ2v) is 6.72. The lowest BCUT2D eigenvalue weighted by atomic mass is 10.1. The topological polar surface area (TPSA) is 55.2 Å². The van der Waals surface area contributed by atoms with Gasteiger partial charge < -0.3 is 9.84 Å². The molecule has 2 rings (SSSR count). The van der Waals surface area contributed by atoms with E-state index in [0.29, 0.717) is 23.1 Å². The first kappa shape index (κ1) is 21.0. The average Bonchev–Trinajstić information content (AvgIpc) is 2.66. The SMILES string of the molecule is CCCCCOC(C)CCCC=Cc1ncc(-c2ccc(O)cc2F)cn1. The maximum Gasteiger partial charge on any atom is 0.151 e. The Morgan fingerprint density at radius 3 is 2.67 bits per heavy atom. The number of unbranched alkanes of at least 4 members (excludes halogenated alkanes) is 3. The average molecular weight is 372 g/mol. The van der Waals surface area contributed by atoms with E-state index in [0.717, 1.165) is 38.4 Å². The predicted octanol–water partition coefficient (Wildman–Crippen LogP) is 5.77. The fourth-order valence-electron chi connectivity index (χ4n) is 2.73. The number of phenolic OH excluding ortho intramolecular Hbond substituents is 1. The molecular formula is C22H29FN2O2. The fourth-order valence-corrected chi connectivity index (χ4v) is 2.73. The number of halogens is 1. The number of hydrogen-bond donors (Lipinski definition) is 1. The van der Waals surface area contributed by atoms with Gasteiger partial charge in [-0.05, 0) is 50.8 Å². The van der Waals surface area contributed by atoms with Crippen molar-refractivity contribution in [2.45, 2.75) is 58.5 Å². The first-order valence-electron chi connectivity index (χ1n) is 9.69. The molecule has 0 aliphatic heterocycles. The van der Waals surface area contributed by atoms with Gasteiger partial charge in [-0.1, -0.05) is 25.8 Å². The number of hydrogen-bond acceptors (Lipinski definition) is 4. The monoisotopic (exact) mass is 372 g/mol. The van der Waals surface area contributed by atoms with Crippen molar-refractivity contribution in [2.24, 2.45) is 0 Å². The maximum absolute atomic E-state index is 13.9. The summed E-state index contributed by atoms with van der Waals surface area (Å²) in [4.78, 5) is 8.52. The summed E-state index contributed by atoms with van der Waals surface area (Å²) in [6.45, 7) is 5.17. The first-order chi connectivity index (χ1) is 13.1. The van der Waals surface area contributed by atoms with Crippen LogP contribution in [-0.4, -0.2) is 27.8 Å². The molecule has 0 spiro atoms. The normalized spacial score (nSPS) is 12.6. The van der Waals surface area contributed by atoms with Crippen molar-refractivity contribution in [1.82, 2.24) is 9.97 Å². The Morgan fingerprint density at radius 1 is 1.19 bits per heavy atom. The van der Waals surface area contributed by atoms with E-state index in [4.69, 9.17) is 4.74 Å². The lowest BCUT2D eigenvalue weighted by molar-refractivity contribution is 0.0566. The van der Waals surface area contributed by atoms with Crippen LogP contribution in [0.15, 0.2) is 36.7 Å². The van der Waals surface area contributed by atoms with Gasteiger partial charge in [0.15, 0.2) is 5.82 Å². The Kier molecular flexibility index (Phi) is 8.92. The molecule has 27 heavy (non-hydrogen) atoms. The zero-order valence-electron chi connectivity index (χ0n) is 16.2. The molecule has 2 aromatic rings. The van der Waals surface area contributed by atoms with Crippen LogP contribution >= 0.6 is 0 Å². The molecule has 1 heterocycles. The van der Waals surface area contributed by atoms with E-state index >= 15 is 0 Å². The van der Waals surface area contributed by atoms with Gasteiger partial charge in [0.25, 0.3) is 0 Å². The van der Waals surface area contributed by atoms with Crippen LogP contribution in [0.3, 0.4) is 0 Å². The van der Waals surface area contributed by atoms with Crippen molar-refractivity contribution in [3.8, 4) is 16.9 Å². The number of ether oxygens (including phenoxy) is 1. The van der Waals surface area contributed by atoms with E-state index < -0.39 is 5.82 Å². The third-order valence-corrected chi connectivity index (χ3v) is 4.33. The van der Waals surface area contributed by atoms with E-state index in [1.807, 2.05) is 6.08 Å². The van der Waals surface area contributed by atoms with Crippen LogP contribution < -0.4 is 0 Å². The summed E-state index contributed by atoms with van der Waals surface area (Å²) in [6, 6.07) is 4.04. The molecule has 0 amide bonds. The number of allylic oxidation sites excluding steroid dienone is 1. The van der Waals surface area contributed by atoms with Crippen LogP contribution in [-0.2, 0) is 4.74 Å². The highest BCUT2D eigenvalue weighted by atomic mass is 19.1. The maximum atomic E-state index is 13.9. The minimum absolute atomic E-state index is 0.0996. The number of aromatic hydroxyl groups is 1. The van der Waals surface area contributed by atoms with E-state index in [2.05, 4.69) is 29.9 Å². The molecule has 5 heteroatoms. The second kappa shape index (κ2) is 11.4. The number of benzene rings is 1. The fraction of sp³-hybridized carbons (Fsp3) is 0.455. The minimum atomic E-state index is -0.493. The van der Waals surface area contributed by atoms with Crippen LogP contribution in [0.4, 0.5) is 4.39 Å². The number of aromatic nitrogens is 2. The van der Waals surface area contributed by atoms with Crippen LogP contribution in [0.25, 0.3) is 17.2 Å². The largest absolute Gasteiger partial charge is 0.508 e. The third-order valence-electron chi connectivity index (χ3n) is 4.33. The third kappa shape index (κ3) is 7.47. The van der Waals surface area contributed by atoms with Crippen molar-refractivity contribution >= 4 is 6.08 Å². The summed E-state index contributed by atoms with van der Waals surface area (Å²) >= 11 is 0. The van der Waals surface area contributed by atoms with Gasteiger partial charge in [-0.25, -0.2) is 14.4 Å². The molecule has 1 aromatic heterocycles. The summed E-state index contributed by atoms with van der Waals surface area (Å²) in [5.41, 5.74) is 0.954. The Balaban J connectivity index is 1.74. The standard InChI is InChI=1S/C22H29FN2O2/c1-3-4-8-13-27-17(2)9-6-5-7-10-22-24-15-18(16-25-22)20-12-11-19(26)14-21(20)23/h7,10-12,14-17,26H,3-6,8-9,13H2,1-2H3. The van der Waals surface area contributed by atoms with Gasteiger partial charge >= 0.3 is 0 Å². The van der Waals surface area contributed by atoms with Gasteiger partial charge in [-0.2, -0.15) is 0 Å². The Labute approximate surface area is 161 Å². The molecule has 0 aliphatic carbocycles. The summed E-state index contributed by atoms with van der Waals surface area (Å²) < 4.78 is 19.7. The second-order valence-electron chi connectivity index (χ2n) is 6.72. The quantitative estimate of drug-likeness (QED) is 0.509. The Morgan fingerprint density at radius 2 is 1.96 bits per heavy atom. The van der Waals surface area contributed by atoms with Gasteiger partial charge in [-0.3, -0.25) is 0 Å². The minimum Gasteiger partial charge on any atom is -0.508 e. The van der Waals surface area contributed by atoms with Crippen molar-refractivity contribution in [3.63, 3.8) is 0 Å². The molecule has 4 nitrogen and oxygen atoms in total. The van der Waals surface area contributed by atoms with E-state index in [9.17, 15) is 9.50 Å². The Bertz CT molecular complexity index is 717. The van der Waals surface area contributed by atoms with Gasteiger partial charge in [0.2, 0.25) is 0 Å².